The van der Waals surface area contributed by atoms with E-state index in [1.807, 2.05) is 43.3 Å². The summed E-state index contributed by atoms with van der Waals surface area (Å²) in [5, 5.41) is 2.65. The van der Waals surface area contributed by atoms with E-state index in [0.717, 1.165) is 10.6 Å². The highest BCUT2D eigenvalue weighted by molar-refractivity contribution is 6.05. The van der Waals surface area contributed by atoms with Crippen molar-refractivity contribution < 1.29 is 23.9 Å². The van der Waals surface area contributed by atoms with Crippen molar-refractivity contribution in [2.24, 2.45) is 11.8 Å². The second kappa shape index (κ2) is 8.89. The van der Waals surface area contributed by atoms with Gasteiger partial charge in [0.25, 0.3) is 5.91 Å². The Bertz CT molecular complexity index is 805. The second-order valence-corrected chi connectivity index (χ2v) is 7.38. The van der Waals surface area contributed by atoms with E-state index < -0.39 is 18.5 Å². The fraction of sp³-hybridized carbons (Fsp3) is 0.429. The lowest BCUT2D eigenvalue weighted by molar-refractivity contribution is -0.148. The number of carbonyl (C=O) groups is 4. The van der Waals surface area contributed by atoms with Crippen molar-refractivity contribution >= 4 is 35.1 Å². The molecule has 0 saturated carbocycles. The van der Waals surface area contributed by atoms with Gasteiger partial charge in [0.1, 0.15) is 0 Å². The van der Waals surface area contributed by atoms with Gasteiger partial charge in [-0.3, -0.25) is 24.1 Å². The number of nitrogens with zero attached hydrogens (tertiary/aromatic N) is 2. The van der Waals surface area contributed by atoms with Gasteiger partial charge in [-0.2, -0.15) is 0 Å². The van der Waals surface area contributed by atoms with Crippen LogP contribution in [0.5, 0.6) is 0 Å². The molecular weight excluding hydrogens is 374 g/mol. The number of likely N-dealkylation sites (tertiary alicyclic amines) is 1. The number of amides is 3. The van der Waals surface area contributed by atoms with Gasteiger partial charge in [0.05, 0.1) is 18.3 Å². The van der Waals surface area contributed by atoms with Crippen LogP contribution >= 0.6 is 0 Å². The standard InChI is InChI=1S/C21H25N3O5/c1-23(2)15-9-7-14(8-10-15)22-18(25)13-29-19(26)11-12-24-20(27)16-5-3-4-6-17(16)21(24)28/h3-4,7-10,16-17H,5-6,11-13H2,1-2H3,(H,22,25)/t16-,17+. The van der Waals surface area contributed by atoms with Gasteiger partial charge >= 0.3 is 5.97 Å². The summed E-state index contributed by atoms with van der Waals surface area (Å²) in [7, 11) is 3.84. The number of ether oxygens (including phenoxy) is 1. The van der Waals surface area contributed by atoms with Gasteiger partial charge in [-0.05, 0) is 37.1 Å². The third-order valence-electron chi connectivity index (χ3n) is 5.17. The third-order valence-corrected chi connectivity index (χ3v) is 5.17. The predicted octanol–water partition coefficient (Wildman–Crippen LogP) is 1.58. The smallest absolute Gasteiger partial charge is 0.308 e. The van der Waals surface area contributed by atoms with Crippen LogP contribution in [-0.2, 0) is 23.9 Å². The second-order valence-electron chi connectivity index (χ2n) is 7.38. The molecule has 1 heterocycles. The fourth-order valence-electron chi connectivity index (χ4n) is 3.55. The average Bonchev–Trinajstić information content (AvgIpc) is 2.95. The van der Waals surface area contributed by atoms with E-state index in [9.17, 15) is 19.2 Å². The Balaban J connectivity index is 1.41. The van der Waals surface area contributed by atoms with Crippen molar-refractivity contribution in [1.82, 2.24) is 4.90 Å². The van der Waals surface area contributed by atoms with Crippen LogP contribution in [0.25, 0.3) is 0 Å². The van der Waals surface area contributed by atoms with Crippen LogP contribution in [0.1, 0.15) is 19.3 Å². The molecule has 1 aromatic rings. The van der Waals surface area contributed by atoms with Crippen LogP contribution in [0, 0.1) is 11.8 Å². The maximum Gasteiger partial charge on any atom is 0.308 e. The monoisotopic (exact) mass is 399 g/mol. The van der Waals surface area contributed by atoms with Crippen molar-refractivity contribution in [1.29, 1.82) is 0 Å². The molecule has 2 atom stereocenters. The zero-order valence-corrected chi connectivity index (χ0v) is 16.6. The maximum absolute atomic E-state index is 12.3. The van der Waals surface area contributed by atoms with Crippen LogP contribution in [-0.4, -0.2) is 55.8 Å². The summed E-state index contributed by atoms with van der Waals surface area (Å²) in [6.45, 7) is -0.442. The molecule has 8 nitrogen and oxygen atoms in total. The zero-order valence-electron chi connectivity index (χ0n) is 16.6. The van der Waals surface area contributed by atoms with E-state index in [2.05, 4.69) is 5.32 Å². The lowest BCUT2D eigenvalue weighted by Gasteiger charge is -2.14. The lowest BCUT2D eigenvalue weighted by atomic mass is 9.85. The van der Waals surface area contributed by atoms with E-state index in [4.69, 9.17) is 4.74 Å². The van der Waals surface area contributed by atoms with Crippen molar-refractivity contribution in [3.05, 3.63) is 36.4 Å². The van der Waals surface area contributed by atoms with Gasteiger partial charge in [-0.15, -0.1) is 0 Å². The van der Waals surface area contributed by atoms with Gasteiger partial charge in [-0.1, -0.05) is 12.2 Å². The molecular formula is C21H25N3O5. The Morgan fingerprint density at radius 3 is 2.21 bits per heavy atom. The van der Waals surface area contributed by atoms with Gasteiger partial charge in [-0.25, -0.2) is 0 Å². The molecule has 0 unspecified atom stereocenters. The van der Waals surface area contributed by atoms with Crippen LogP contribution in [0.3, 0.4) is 0 Å². The molecule has 1 aromatic carbocycles. The first-order chi connectivity index (χ1) is 13.9. The largest absolute Gasteiger partial charge is 0.456 e. The lowest BCUT2D eigenvalue weighted by Crippen LogP contribution is -2.33. The Labute approximate surface area is 169 Å². The van der Waals surface area contributed by atoms with Gasteiger partial charge in [0.15, 0.2) is 6.61 Å². The Morgan fingerprint density at radius 2 is 1.66 bits per heavy atom. The minimum Gasteiger partial charge on any atom is -0.456 e. The van der Waals surface area contributed by atoms with Crippen LogP contribution in [0.15, 0.2) is 36.4 Å². The van der Waals surface area contributed by atoms with Crippen LogP contribution < -0.4 is 10.2 Å². The van der Waals surface area contributed by atoms with E-state index in [1.165, 1.54) is 0 Å². The van der Waals surface area contributed by atoms with Gasteiger partial charge in [0.2, 0.25) is 11.8 Å². The summed E-state index contributed by atoms with van der Waals surface area (Å²) >= 11 is 0. The number of esters is 1. The number of hydrogen-bond donors (Lipinski definition) is 1. The molecule has 3 amide bonds. The Hall–Kier alpha value is -3.16. The summed E-state index contributed by atoms with van der Waals surface area (Å²) in [5.74, 6) is -2.16. The number of nitrogens with one attached hydrogen (secondary N) is 1. The normalized spacial score (nSPS) is 20.4. The number of hydrogen-bond acceptors (Lipinski definition) is 6. The average molecular weight is 399 g/mol. The molecule has 8 heteroatoms. The van der Waals surface area contributed by atoms with Crippen molar-refractivity contribution in [3.63, 3.8) is 0 Å². The Kier molecular flexibility index (Phi) is 6.31. The summed E-state index contributed by atoms with van der Waals surface area (Å²) in [6, 6.07) is 7.24. The van der Waals surface area contributed by atoms with E-state index >= 15 is 0 Å². The highest BCUT2D eigenvalue weighted by Gasteiger charge is 2.46. The zero-order chi connectivity index (χ0) is 21.0. The number of benzene rings is 1. The molecule has 1 saturated heterocycles. The SMILES string of the molecule is CN(C)c1ccc(NC(=O)COC(=O)CCN2C(=O)[C@H]3CC=CC[C@H]3C2=O)cc1. The number of allylic oxidation sites excluding steroid dienone is 2. The number of anilines is 2. The quantitative estimate of drug-likeness (QED) is 0.425. The summed E-state index contributed by atoms with van der Waals surface area (Å²) < 4.78 is 4.97. The van der Waals surface area contributed by atoms with E-state index in [0.29, 0.717) is 18.5 Å². The molecule has 0 bridgehead atoms. The minimum atomic E-state index is -0.628. The van der Waals surface area contributed by atoms with Crippen molar-refractivity contribution in [2.75, 3.05) is 37.5 Å². The molecule has 0 aromatic heterocycles. The first kappa shape index (κ1) is 20.6. The fourth-order valence-corrected chi connectivity index (χ4v) is 3.55. The number of rotatable bonds is 7. The molecule has 1 aliphatic heterocycles. The third kappa shape index (κ3) is 4.82. The molecule has 1 N–H and O–H groups in total. The van der Waals surface area contributed by atoms with Crippen molar-refractivity contribution in [3.8, 4) is 0 Å². The van der Waals surface area contributed by atoms with E-state index in [-0.39, 0.29) is 36.6 Å². The number of carbonyl (C=O) groups excluding carboxylic acids is 4. The summed E-state index contributed by atoms with van der Waals surface area (Å²) in [6.07, 6.45) is 4.82. The van der Waals surface area contributed by atoms with Gasteiger partial charge < -0.3 is 15.0 Å². The molecule has 3 rings (SSSR count). The molecule has 1 fully saturated rings. The first-order valence-electron chi connectivity index (χ1n) is 9.60. The first-order valence-corrected chi connectivity index (χ1v) is 9.60. The molecule has 0 spiro atoms. The van der Waals surface area contributed by atoms with E-state index in [1.54, 1.807) is 12.1 Å². The molecule has 2 aliphatic rings. The van der Waals surface area contributed by atoms with Crippen molar-refractivity contribution in [2.45, 2.75) is 19.3 Å². The highest BCUT2D eigenvalue weighted by atomic mass is 16.5. The highest BCUT2D eigenvalue weighted by Crippen LogP contribution is 2.35. The Morgan fingerprint density at radius 1 is 1.07 bits per heavy atom. The maximum atomic E-state index is 12.3. The number of fused-ring (bicyclic) bond motifs is 1. The van der Waals surface area contributed by atoms with Gasteiger partial charge in [0, 0.05) is 32.0 Å². The number of imide groups is 1. The molecule has 0 radical (unpaired) electrons. The molecule has 29 heavy (non-hydrogen) atoms. The summed E-state index contributed by atoms with van der Waals surface area (Å²) in [4.78, 5) is 51.7. The van der Waals surface area contributed by atoms with Crippen LogP contribution in [0.2, 0.25) is 0 Å². The van der Waals surface area contributed by atoms with Crippen LogP contribution in [0.4, 0.5) is 11.4 Å². The predicted molar refractivity (Wildman–Crippen MR) is 107 cm³/mol. The summed E-state index contributed by atoms with van der Waals surface area (Å²) in [5.41, 5.74) is 1.59. The molecule has 154 valence electrons. The minimum absolute atomic E-state index is 0.0167. The molecule has 1 aliphatic carbocycles. The topological polar surface area (TPSA) is 96.0 Å².